The van der Waals surface area contributed by atoms with Crippen LogP contribution in [-0.2, 0) is 51.3 Å². The minimum Gasteiger partial charge on any atom is -0.459 e. The first-order valence-corrected chi connectivity index (χ1v) is 13.3. The molecule has 0 amide bonds. The molecule has 0 aliphatic rings. The Morgan fingerprint density at radius 1 is 0.585 bits per heavy atom. The van der Waals surface area contributed by atoms with Crippen LogP contribution in [0.25, 0.3) is 0 Å². The van der Waals surface area contributed by atoms with Gasteiger partial charge in [0.2, 0.25) is 0 Å². The lowest BCUT2D eigenvalue weighted by molar-refractivity contribution is -0.185. The highest BCUT2D eigenvalue weighted by Gasteiger charge is 2.53. The molecular formula is C33H40O8. The van der Waals surface area contributed by atoms with Gasteiger partial charge in [-0.3, -0.25) is 9.59 Å². The predicted molar refractivity (Wildman–Crippen MR) is 154 cm³/mol. The first-order chi connectivity index (χ1) is 19.0. The molecule has 2 aromatic rings. The Bertz CT molecular complexity index is 1150. The molecule has 0 aromatic heterocycles. The molecule has 0 aliphatic carbocycles. The van der Waals surface area contributed by atoms with Gasteiger partial charge in [-0.05, 0) is 52.7 Å². The zero-order chi connectivity index (χ0) is 30.8. The van der Waals surface area contributed by atoms with Crippen LogP contribution in [0.15, 0.2) is 85.0 Å². The van der Waals surface area contributed by atoms with Crippen molar-refractivity contribution in [3.8, 4) is 0 Å². The van der Waals surface area contributed by atoms with Crippen molar-refractivity contribution in [2.24, 2.45) is 5.41 Å². The highest BCUT2D eigenvalue weighted by Crippen LogP contribution is 2.39. The van der Waals surface area contributed by atoms with Gasteiger partial charge in [-0.2, -0.15) is 0 Å². The van der Waals surface area contributed by atoms with Crippen molar-refractivity contribution in [2.45, 2.75) is 78.8 Å². The summed E-state index contributed by atoms with van der Waals surface area (Å²) >= 11 is 0. The van der Waals surface area contributed by atoms with Crippen molar-refractivity contribution >= 4 is 23.9 Å². The molecule has 0 bridgehead atoms. The van der Waals surface area contributed by atoms with Crippen molar-refractivity contribution in [1.29, 1.82) is 0 Å². The maximum absolute atomic E-state index is 13.8. The third-order valence-corrected chi connectivity index (χ3v) is 5.61. The predicted octanol–water partition coefficient (Wildman–Crippen LogP) is 6.04. The Hall–Kier alpha value is -4.20. The van der Waals surface area contributed by atoms with Crippen LogP contribution in [0.1, 0.15) is 65.5 Å². The average Bonchev–Trinajstić information content (AvgIpc) is 2.88. The zero-order valence-corrected chi connectivity index (χ0v) is 24.8. The molecule has 0 N–H and O–H groups in total. The second kappa shape index (κ2) is 13.9. The summed E-state index contributed by atoms with van der Waals surface area (Å²) in [5, 5.41) is 0. The highest BCUT2D eigenvalue weighted by molar-refractivity contribution is 6.04. The van der Waals surface area contributed by atoms with Gasteiger partial charge in [0.1, 0.15) is 24.4 Å². The molecule has 2 aromatic carbocycles. The number of benzene rings is 2. The third-order valence-electron chi connectivity index (χ3n) is 5.61. The Kier molecular flexibility index (Phi) is 11.2. The summed E-state index contributed by atoms with van der Waals surface area (Å²) in [6.07, 6.45) is -1.06. The van der Waals surface area contributed by atoms with Crippen LogP contribution in [0.5, 0.6) is 0 Å². The average molecular weight is 565 g/mol. The molecule has 0 saturated heterocycles. The van der Waals surface area contributed by atoms with Crippen LogP contribution in [0.2, 0.25) is 0 Å². The van der Waals surface area contributed by atoms with Gasteiger partial charge in [0, 0.05) is 24.0 Å². The zero-order valence-electron chi connectivity index (χ0n) is 24.8. The van der Waals surface area contributed by atoms with E-state index in [2.05, 4.69) is 13.2 Å². The number of hydrogen-bond acceptors (Lipinski definition) is 8. The smallest absolute Gasteiger partial charge is 0.333 e. The minimum atomic E-state index is -2.17. The van der Waals surface area contributed by atoms with Crippen molar-refractivity contribution in [3.05, 3.63) is 96.1 Å². The van der Waals surface area contributed by atoms with Gasteiger partial charge < -0.3 is 18.9 Å². The summed E-state index contributed by atoms with van der Waals surface area (Å²) in [5.74, 6) is -3.62. The van der Waals surface area contributed by atoms with Gasteiger partial charge in [-0.15, -0.1) is 0 Å². The van der Waals surface area contributed by atoms with Crippen molar-refractivity contribution in [3.63, 3.8) is 0 Å². The summed E-state index contributed by atoms with van der Waals surface area (Å²) in [5.41, 5.74) is -3.05. The molecule has 0 spiro atoms. The lowest BCUT2D eigenvalue weighted by Crippen LogP contribution is -2.48. The molecule has 0 fully saturated rings. The SMILES string of the molecule is C=C(CC(CC(=C)C(=O)OCc1ccccc1)(C(=O)OC(C)(C)C)C(=O)OC(C)(C)C)C(=O)OCc1ccccc1. The number of carbonyl (C=O) groups is 4. The quantitative estimate of drug-likeness (QED) is 0.133. The van der Waals surface area contributed by atoms with E-state index < -0.39 is 53.3 Å². The van der Waals surface area contributed by atoms with Gasteiger partial charge in [0.05, 0.1) is 0 Å². The van der Waals surface area contributed by atoms with E-state index in [9.17, 15) is 19.2 Å². The molecule has 0 atom stereocenters. The van der Waals surface area contributed by atoms with E-state index in [4.69, 9.17) is 18.9 Å². The molecule has 41 heavy (non-hydrogen) atoms. The maximum atomic E-state index is 13.8. The molecule has 0 heterocycles. The maximum Gasteiger partial charge on any atom is 0.333 e. The number of carbonyl (C=O) groups excluding carboxylic acids is 4. The summed E-state index contributed by atoms with van der Waals surface area (Å²) in [7, 11) is 0. The Balaban J connectivity index is 2.39. The number of hydrogen-bond donors (Lipinski definition) is 0. The molecule has 8 nitrogen and oxygen atoms in total. The largest absolute Gasteiger partial charge is 0.459 e. The third kappa shape index (κ3) is 10.7. The van der Waals surface area contributed by atoms with Gasteiger partial charge >= 0.3 is 23.9 Å². The lowest BCUT2D eigenvalue weighted by atomic mass is 9.76. The first kappa shape index (κ1) is 33.0. The molecular weight excluding hydrogens is 524 g/mol. The van der Waals surface area contributed by atoms with E-state index in [0.717, 1.165) is 11.1 Å². The van der Waals surface area contributed by atoms with Crippen molar-refractivity contribution in [1.82, 2.24) is 0 Å². The standard InChI is InChI=1S/C33H40O8/c1-23(27(34)38-21-25-15-11-9-12-16-25)19-33(29(36)40-31(3,4)5,30(37)41-32(6,7)8)20-24(2)28(35)39-22-26-17-13-10-14-18-26/h9-18H,1-2,19-22H2,3-8H3. The number of rotatable bonds is 12. The molecule has 0 radical (unpaired) electrons. The molecule has 220 valence electrons. The van der Waals surface area contributed by atoms with E-state index >= 15 is 0 Å². The van der Waals surface area contributed by atoms with Gasteiger partial charge in [-0.1, -0.05) is 73.8 Å². The van der Waals surface area contributed by atoms with Crippen LogP contribution < -0.4 is 0 Å². The van der Waals surface area contributed by atoms with Crippen molar-refractivity contribution < 1.29 is 38.1 Å². The minimum absolute atomic E-state index is 0.0386. The summed E-state index contributed by atoms with van der Waals surface area (Å²) in [6.45, 7) is 17.3. The van der Waals surface area contributed by atoms with E-state index in [1.165, 1.54) is 0 Å². The molecule has 0 saturated carbocycles. The Morgan fingerprint density at radius 3 is 1.20 bits per heavy atom. The summed E-state index contributed by atoms with van der Waals surface area (Å²) in [4.78, 5) is 53.4. The monoisotopic (exact) mass is 564 g/mol. The van der Waals surface area contributed by atoms with Crippen molar-refractivity contribution in [2.75, 3.05) is 0 Å². The second-order valence-corrected chi connectivity index (χ2v) is 11.8. The fourth-order valence-corrected chi connectivity index (χ4v) is 3.71. The van der Waals surface area contributed by atoms with Crippen LogP contribution >= 0.6 is 0 Å². The number of esters is 4. The second-order valence-electron chi connectivity index (χ2n) is 11.8. The van der Waals surface area contributed by atoms with E-state index in [1.807, 2.05) is 12.1 Å². The Morgan fingerprint density at radius 2 is 0.902 bits per heavy atom. The fourth-order valence-electron chi connectivity index (χ4n) is 3.71. The van der Waals surface area contributed by atoms with Gasteiger partial charge in [0.15, 0.2) is 5.41 Å². The van der Waals surface area contributed by atoms with Crippen LogP contribution in [-0.4, -0.2) is 35.1 Å². The van der Waals surface area contributed by atoms with Gasteiger partial charge in [0.25, 0.3) is 0 Å². The topological polar surface area (TPSA) is 105 Å². The highest BCUT2D eigenvalue weighted by atomic mass is 16.6. The van der Waals surface area contributed by atoms with Crippen LogP contribution in [0.3, 0.4) is 0 Å². The Labute approximate surface area is 242 Å². The number of ether oxygens (including phenoxy) is 4. The molecule has 2 rings (SSSR count). The summed E-state index contributed by atoms with van der Waals surface area (Å²) in [6, 6.07) is 18.0. The fraction of sp³-hybridized carbons (Fsp3) is 0.394. The molecule has 0 aliphatic heterocycles. The lowest BCUT2D eigenvalue weighted by Gasteiger charge is -2.35. The summed E-state index contributed by atoms with van der Waals surface area (Å²) < 4.78 is 22.0. The van der Waals surface area contributed by atoms with Crippen LogP contribution in [0.4, 0.5) is 0 Å². The van der Waals surface area contributed by atoms with Crippen LogP contribution in [0, 0.1) is 5.41 Å². The van der Waals surface area contributed by atoms with E-state index in [-0.39, 0.29) is 24.4 Å². The molecule has 8 heteroatoms. The van der Waals surface area contributed by atoms with E-state index in [0.29, 0.717) is 0 Å². The first-order valence-electron chi connectivity index (χ1n) is 13.3. The van der Waals surface area contributed by atoms with E-state index in [1.54, 1.807) is 90.1 Å². The molecule has 0 unspecified atom stereocenters. The normalized spacial score (nSPS) is 11.7. The van der Waals surface area contributed by atoms with Gasteiger partial charge in [-0.25, -0.2) is 9.59 Å².